The van der Waals surface area contributed by atoms with Crippen LogP contribution in [0.15, 0.2) is 30.3 Å². The van der Waals surface area contributed by atoms with Crippen LogP contribution >= 0.6 is 12.2 Å². The molecular weight excluding hydrogens is 356 g/mol. The standard InChI is InChI=1S/C17H24N4O2S2/c1-3-19(15-10-11-25(22,23)12-15)13-21-17(24)20(4-2)16(18-21)14-8-6-5-7-9-14/h5-9,15H,3-4,10-13H2,1-2H3/p+1/t15-/m0/s1. The number of hydrogen-bond acceptors (Lipinski definition) is 4. The predicted molar refractivity (Wildman–Crippen MR) is 101 cm³/mol. The largest absolute Gasteiger partial charge is 0.313 e. The van der Waals surface area contributed by atoms with Gasteiger partial charge in [0, 0.05) is 18.5 Å². The first-order chi connectivity index (χ1) is 11.9. The molecule has 1 aliphatic heterocycles. The summed E-state index contributed by atoms with van der Waals surface area (Å²) in [5.74, 6) is 1.43. The molecule has 1 aromatic carbocycles. The normalized spacial score (nSPS) is 20.6. The number of sulfone groups is 1. The summed E-state index contributed by atoms with van der Waals surface area (Å²) in [5, 5.41) is 4.75. The third kappa shape index (κ3) is 3.86. The van der Waals surface area contributed by atoms with Gasteiger partial charge >= 0.3 is 0 Å². The highest BCUT2D eigenvalue weighted by molar-refractivity contribution is 7.91. The van der Waals surface area contributed by atoms with Crippen molar-refractivity contribution in [1.29, 1.82) is 0 Å². The first-order valence-electron chi connectivity index (χ1n) is 8.73. The van der Waals surface area contributed by atoms with Crippen LogP contribution < -0.4 is 4.90 Å². The molecule has 6 nitrogen and oxygen atoms in total. The topological polar surface area (TPSA) is 61.3 Å². The quantitative estimate of drug-likeness (QED) is 0.763. The van der Waals surface area contributed by atoms with Crippen LogP contribution in [-0.4, -0.2) is 46.9 Å². The number of quaternary nitrogens is 1. The predicted octanol–water partition coefficient (Wildman–Crippen LogP) is 1.15. The summed E-state index contributed by atoms with van der Waals surface area (Å²) in [6, 6.07) is 10.1. The lowest BCUT2D eigenvalue weighted by Gasteiger charge is -2.23. The van der Waals surface area contributed by atoms with E-state index in [1.54, 1.807) is 0 Å². The Hall–Kier alpha value is -1.51. The van der Waals surface area contributed by atoms with Gasteiger partial charge in [0.2, 0.25) is 4.77 Å². The molecule has 0 saturated carbocycles. The lowest BCUT2D eigenvalue weighted by atomic mass is 10.2. The molecule has 8 heteroatoms. The van der Waals surface area contributed by atoms with Gasteiger partial charge in [-0.05, 0) is 26.1 Å². The van der Waals surface area contributed by atoms with Gasteiger partial charge in [-0.15, -0.1) is 5.10 Å². The molecule has 2 heterocycles. The van der Waals surface area contributed by atoms with Crippen molar-refractivity contribution in [3.63, 3.8) is 0 Å². The van der Waals surface area contributed by atoms with Gasteiger partial charge in [0.1, 0.15) is 11.8 Å². The molecule has 1 aliphatic rings. The molecule has 0 amide bonds. The van der Waals surface area contributed by atoms with Gasteiger partial charge in [-0.2, -0.15) is 4.68 Å². The van der Waals surface area contributed by atoms with E-state index in [9.17, 15) is 8.42 Å². The van der Waals surface area contributed by atoms with Crippen molar-refractivity contribution in [2.24, 2.45) is 0 Å². The molecule has 0 spiro atoms. The highest BCUT2D eigenvalue weighted by Crippen LogP contribution is 2.17. The second-order valence-electron chi connectivity index (χ2n) is 6.49. The van der Waals surface area contributed by atoms with Crippen molar-refractivity contribution >= 4 is 22.1 Å². The van der Waals surface area contributed by atoms with Crippen molar-refractivity contribution < 1.29 is 13.3 Å². The molecule has 0 aliphatic carbocycles. The van der Waals surface area contributed by atoms with Gasteiger partial charge in [0.25, 0.3) is 0 Å². The maximum Gasteiger partial charge on any atom is 0.203 e. The summed E-state index contributed by atoms with van der Waals surface area (Å²) in [7, 11) is -2.89. The van der Waals surface area contributed by atoms with Crippen LogP contribution in [0, 0.1) is 4.77 Å². The molecule has 1 N–H and O–H groups in total. The van der Waals surface area contributed by atoms with E-state index in [0.717, 1.165) is 30.9 Å². The third-order valence-electron chi connectivity index (χ3n) is 4.89. The van der Waals surface area contributed by atoms with E-state index < -0.39 is 9.84 Å². The van der Waals surface area contributed by atoms with E-state index in [1.165, 1.54) is 4.90 Å². The minimum absolute atomic E-state index is 0.129. The van der Waals surface area contributed by atoms with Crippen molar-refractivity contribution in [3.05, 3.63) is 35.1 Å². The Morgan fingerprint density at radius 3 is 2.56 bits per heavy atom. The van der Waals surface area contributed by atoms with Gasteiger partial charge in [-0.3, -0.25) is 0 Å². The Labute approximate surface area is 154 Å². The first-order valence-corrected chi connectivity index (χ1v) is 11.0. The second kappa shape index (κ2) is 7.39. The fraction of sp³-hybridized carbons (Fsp3) is 0.529. The molecule has 25 heavy (non-hydrogen) atoms. The van der Waals surface area contributed by atoms with Crippen LogP contribution in [0.2, 0.25) is 0 Å². The van der Waals surface area contributed by atoms with E-state index in [2.05, 4.69) is 13.8 Å². The lowest BCUT2D eigenvalue weighted by Crippen LogP contribution is -3.15. The maximum absolute atomic E-state index is 11.8. The van der Waals surface area contributed by atoms with Gasteiger partial charge < -0.3 is 9.47 Å². The molecule has 1 aromatic heterocycles. The van der Waals surface area contributed by atoms with Crippen LogP contribution in [0.25, 0.3) is 11.4 Å². The average molecular weight is 382 g/mol. The second-order valence-corrected chi connectivity index (χ2v) is 9.08. The number of nitrogens with one attached hydrogen (secondary N) is 1. The average Bonchev–Trinajstić information content (AvgIpc) is 3.12. The Bertz CT molecular complexity index is 887. The Kier molecular flexibility index (Phi) is 5.41. The smallest absolute Gasteiger partial charge is 0.203 e. The molecule has 2 atom stereocenters. The van der Waals surface area contributed by atoms with E-state index in [4.69, 9.17) is 17.3 Å². The van der Waals surface area contributed by atoms with Gasteiger partial charge in [-0.25, -0.2) is 8.42 Å². The zero-order chi connectivity index (χ0) is 18.0. The van der Waals surface area contributed by atoms with Gasteiger partial charge in [0.05, 0.1) is 12.3 Å². The summed E-state index contributed by atoms with van der Waals surface area (Å²) >= 11 is 5.63. The molecule has 3 rings (SSSR count). The highest BCUT2D eigenvalue weighted by atomic mass is 32.2. The molecule has 1 unspecified atom stereocenters. The molecule has 0 radical (unpaired) electrons. The summed E-state index contributed by atoms with van der Waals surface area (Å²) in [6.07, 6.45) is 0.721. The molecule has 1 fully saturated rings. The van der Waals surface area contributed by atoms with E-state index in [-0.39, 0.29) is 11.8 Å². The van der Waals surface area contributed by atoms with Crippen molar-refractivity contribution in [2.45, 2.75) is 39.5 Å². The Morgan fingerprint density at radius 2 is 2.00 bits per heavy atom. The van der Waals surface area contributed by atoms with E-state index in [1.807, 2.05) is 39.6 Å². The Balaban J connectivity index is 1.90. The highest BCUT2D eigenvalue weighted by Gasteiger charge is 2.35. The van der Waals surface area contributed by atoms with Crippen LogP contribution in [0.1, 0.15) is 20.3 Å². The van der Waals surface area contributed by atoms with Gasteiger partial charge in [-0.1, -0.05) is 30.3 Å². The monoisotopic (exact) mass is 381 g/mol. The zero-order valence-corrected chi connectivity index (χ0v) is 16.3. The summed E-state index contributed by atoms with van der Waals surface area (Å²) in [6.45, 7) is 6.34. The molecule has 136 valence electrons. The fourth-order valence-corrected chi connectivity index (χ4v) is 5.62. The van der Waals surface area contributed by atoms with Crippen molar-refractivity contribution in [3.8, 4) is 11.4 Å². The molecular formula is C17H25N4O2S2+. The van der Waals surface area contributed by atoms with E-state index in [0.29, 0.717) is 17.2 Å². The maximum atomic E-state index is 11.8. The minimum atomic E-state index is -2.89. The summed E-state index contributed by atoms with van der Waals surface area (Å²) in [4.78, 5) is 1.22. The number of hydrogen-bond donors (Lipinski definition) is 1. The minimum Gasteiger partial charge on any atom is -0.313 e. The fourth-order valence-electron chi connectivity index (χ4n) is 3.47. The van der Waals surface area contributed by atoms with Crippen molar-refractivity contribution in [2.75, 3.05) is 18.1 Å². The Morgan fingerprint density at radius 1 is 1.28 bits per heavy atom. The molecule has 2 aromatic rings. The summed E-state index contributed by atoms with van der Waals surface area (Å²) in [5.41, 5.74) is 1.04. The number of nitrogens with zero attached hydrogens (tertiary/aromatic N) is 3. The molecule has 1 saturated heterocycles. The van der Waals surface area contributed by atoms with Crippen LogP contribution in [0.5, 0.6) is 0 Å². The lowest BCUT2D eigenvalue weighted by molar-refractivity contribution is -0.943. The number of rotatable bonds is 6. The van der Waals surface area contributed by atoms with Crippen LogP contribution in [0.4, 0.5) is 0 Å². The number of benzene rings is 1. The van der Waals surface area contributed by atoms with E-state index >= 15 is 0 Å². The molecule has 0 bridgehead atoms. The number of aromatic nitrogens is 3. The first kappa shape index (κ1) is 18.3. The van der Waals surface area contributed by atoms with Crippen LogP contribution in [-0.2, 0) is 23.1 Å². The summed E-state index contributed by atoms with van der Waals surface area (Å²) < 4.78 is 28.2. The third-order valence-corrected chi connectivity index (χ3v) is 7.09. The van der Waals surface area contributed by atoms with Crippen molar-refractivity contribution in [1.82, 2.24) is 14.3 Å². The SMILES string of the molecule is CCn1c(-c2ccccc2)nn(C[NH+](CC)[C@H]2CCS(=O)(=O)C2)c1=S. The van der Waals surface area contributed by atoms with Gasteiger partial charge in [0.15, 0.2) is 22.3 Å². The van der Waals surface area contributed by atoms with Crippen LogP contribution in [0.3, 0.4) is 0 Å². The zero-order valence-electron chi connectivity index (χ0n) is 14.7.